The van der Waals surface area contributed by atoms with Crippen LogP contribution in [-0.4, -0.2) is 187 Å². The van der Waals surface area contributed by atoms with Crippen LogP contribution in [0.5, 0.6) is 46.0 Å². The number of aromatic hydroxyl groups is 2. The Hall–Kier alpha value is -12.6. The fourth-order valence-corrected chi connectivity index (χ4v) is 15.9. The number of phenolic OH excluding ortho intramolecular Hbond substituents is 2. The number of carbonyl (C=O) groups is 17. The van der Waals surface area contributed by atoms with E-state index in [9.17, 15) is 91.7 Å². The monoisotopic (exact) mass is 2090 g/mol. The summed E-state index contributed by atoms with van der Waals surface area (Å²) in [5, 5.41) is 28.9. The molecular weight excluding hydrogens is 1960 g/mol. The third-order valence-electron chi connectivity index (χ3n) is 24.5. The van der Waals surface area contributed by atoms with Crippen molar-refractivity contribution in [3.05, 3.63) is 133 Å². The maximum absolute atomic E-state index is 13.5. The van der Waals surface area contributed by atoms with Crippen LogP contribution in [0.1, 0.15) is 287 Å². The number of hydrogen-bond acceptors (Lipinski definition) is 36. The highest BCUT2D eigenvalue weighted by molar-refractivity contribution is 8.26. The van der Waals surface area contributed by atoms with Crippen LogP contribution in [0.2, 0.25) is 0 Å². The second kappa shape index (κ2) is 67.2. The largest absolute Gasteiger partial charge is 0.507 e. The summed E-state index contributed by atoms with van der Waals surface area (Å²) < 4.78 is 94.8. The molecule has 4 aromatic rings. The van der Waals surface area contributed by atoms with Crippen LogP contribution in [-0.2, 0) is 119 Å². The predicted octanol–water partition coefficient (Wildman–Crippen LogP) is 17.7. The van der Waals surface area contributed by atoms with Gasteiger partial charge in [0.1, 0.15) is 68.2 Å². The molecule has 40 heteroatoms. The van der Waals surface area contributed by atoms with Gasteiger partial charge in [0, 0.05) is 39.6 Å². The fourth-order valence-electron chi connectivity index (χ4n) is 15.9. The van der Waals surface area contributed by atoms with Crippen LogP contribution in [0.4, 0.5) is 0 Å². The lowest BCUT2D eigenvalue weighted by Gasteiger charge is -2.26. The number of benzene rings is 4. The molecule has 145 heavy (non-hydrogen) atoms. The Morgan fingerprint density at radius 1 is 0.276 bits per heavy atom. The molecule has 0 aromatic heterocycles. The van der Waals surface area contributed by atoms with Crippen molar-refractivity contribution in [1.82, 2.24) is 0 Å². The van der Waals surface area contributed by atoms with Gasteiger partial charge in [-0.2, -0.15) is 0 Å². The van der Waals surface area contributed by atoms with Gasteiger partial charge >= 0.3 is 101 Å². The van der Waals surface area contributed by atoms with Crippen molar-refractivity contribution in [2.24, 2.45) is 59.2 Å². The van der Waals surface area contributed by atoms with Crippen LogP contribution in [0, 0.1) is 59.2 Å². The van der Waals surface area contributed by atoms with Gasteiger partial charge < -0.3 is 91.1 Å². The summed E-state index contributed by atoms with van der Waals surface area (Å²) >= 11 is 0. The van der Waals surface area contributed by atoms with E-state index < -0.39 is 128 Å². The van der Waals surface area contributed by atoms with Crippen molar-refractivity contribution in [3.63, 3.8) is 0 Å². The molecule has 0 amide bonds. The van der Waals surface area contributed by atoms with Crippen LogP contribution in [0.25, 0.3) is 0 Å². The normalized spacial score (nSPS) is 18.7. The van der Waals surface area contributed by atoms with Crippen LogP contribution in [0.15, 0.2) is 111 Å². The lowest BCUT2D eigenvalue weighted by atomic mass is 9.82. The van der Waals surface area contributed by atoms with E-state index >= 15 is 0 Å². The average Bonchev–Trinajstić information content (AvgIpc) is 0.885. The molecule has 0 saturated heterocycles. The van der Waals surface area contributed by atoms with E-state index in [0.717, 1.165) is 43.9 Å². The van der Waals surface area contributed by atoms with Gasteiger partial charge in [-0.15, -0.1) is 0 Å². The molecule has 3 N–H and O–H groups in total. The number of halogens is 2. The number of esters is 16. The van der Waals surface area contributed by atoms with Gasteiger partial charge in [0.25, 0.3) is 0 Å². The average molecular weight is 2090 g/mol. The maximum atomic E-state index is 13.5. The van der Waals surface area contributed by atoms with Gasteiger partial charge in [-0.1, -0.05) is 73.1 Å². The molecule has 0 unspecified atom stereocenters. The van der Waals surface area contributed by atoms with E-state index in [0.29, 0.717) is 174 Å². The molecule has 796 valence electrons. The summed E-state index contributed by atoms with van der Waals surface area (Å²) in [6.45, 7) is 19.8. The molecule has 0 heterocycles. The van der Waals surface area contributed by atoms with Gasteiger partial charge in [0.15, 0.2) is 0 Å². The Balaban J connectivity index is 0.000000403. The van der Waals surface area contributed by atoms with Crippen LogP contribution >= 0.6 is 21.4 Å². The highest BCUT2D eigenvalue weighted by Crippen LogP contribution is 2.40. The van der Waals surface area contributed by atoms with E-state index in [4.69, 9.17) is 85.1 Å². The Morgan fingerprint density at radius 3 is 0.683 bits per heavy atom. The SMILES string of the molecule is C=CC(=O)OCCCCOC(=O)C1CCC(C(=O)O)CC1.C=CC(=O)OCCCCOC(=O)C1CCC(C(=O)Oc2ccc(OC(=O)C3CCC(C(=O)Oc4ccc(OC(=O)C5CCC(C(=O)OCCCCOC(=O)C=C)CC5)c(C(=O)OCCCC)c4)CC3)cc2C(=O)OCCCC)CC1.CCCCOC(=O)c1cc(OC(=O)C2CCC(C(=O)Oc3ccc(O)c(C(=O)OCCCC)c3)CC2)ccc1O.O=S(Cl)Cl. The Kier molecular flexibility index (Phi) is 56.1. The molecule has 0 bridgehead atoms. The summed E-state index contributed by atoms with van der Waals surface area (Å²) in [4.78, 5) is 212. The first-order chi connectivity index (χ1) is 69.6. The zero-order valence-corrected chi connectivity index (χ0v) is 84.9. The summed E-state index contributed by atoms with van der Waals surface area (Å²) in [5.74, 6) is -14.3. The molecule has 0 radical (unpaired) electrons. The number of ether oxygens (including phenoxy) is 16. The minimum Gasteiger partial charge on any atom is -0.507 e. The number of carboxylic acids is 1. The molecule has 4 aromatic carbocycles. The van der Waals surface area contributed by atoms with E-state index in [1.54, 1.807) is 0 Å². The summed E-state index contributed by atoms with van der Waals surface area (Å²) in [7, 11) is 7.36. The molecular formula is C105H134Cl2O37S. The van der Waals surface area contributed by atoms with Gasteiger partial charge in [-0.05, 0) is 265 Å². The zero-order valence-electron chi connectivity index (χ0n) is 82.6. The topological polar surface area (TPSA) is 516 Å². The minimum atomic E-state index is -1.67. The van der Waals surface area contributed by atoms with Crippen molar-refractivity contribution in [1.29, 1.82) is 0 Å². The van der Waals surface area contributed by atoms with Gasteiger partial charge in [-0.3, -0.25) is 47.9 Å². The molecule has 0 atom stereocenters. The second-order valence-corrected chi connectivity index (χ2v) is 37.7. The molecule has 5 aliphatic carbocycles. The number of hydrogen-bond donors (Lipinski definition) is 3. The van der Waals surface area contributed by atoms with Crippen molar-refractivity contribution in [3.8, 4) is 46.0 Å². The maximum Gasteiger partial charge on any atom is 0.342 e. The van der Waals surface area contributed by atoms with Gasteiger partial charge in [0.2, 0.25) is 9.23 Å². The number of carboxylic acid groups (broad SMARTS) is 1. The molecule has 5 aliphatic rings. The van der Waals surface area contributed by atoms with Crippen molar-refractivity contribution in [2.45, 2.75) is 246 Å². The Labute approximate surface area is 854 Å². The quantitative estimate of drug-likeness (QED) is 0.00923. The highest BCUT2D eigenvalue weighted by atomic mass is 36.0. The predicted molar refractivity (Wildman–Crippen MR) is 522 cm³/mol. The summed E-state index contributed by atoms with van der Waals surface area (Å²) in [6, 6.07) is 16.0. The third-order valence-corrected chi connectivity index (χ3v) is 24.5. The molecule has 37 nitrogen and oxygen atoms in total. The minimum absolute atomic E-state index is 0.0225. The summed E-state index contributed by atoms with van der Waals surface area (Å²) in [5.41, 5.74) is -0.387. The number of unbranched alkanes of at least 4 members (excludes halogenated alkanes) is 7. The molecule has 5 saturated carbocycles. The third kappa shape index (κ3) is 44.5. The Bertz CT molecular complexity index is 4740. The smallest absolute Gasteiger partial charge is 0.342 e. The number of carbonyl (C=O) groups excluding carboxylic acids is 16. The zero-order chi connectivity index (χ0) is 106. The van der Waals surface area contributed by atoms with Gasteiger partial charge in [-0.25, -0.2) is 37.8 Å². The molecule has 9 rings (SSSR count). The highest BCUT2D eigenvalue weighted by Gasteiger charge is 2.39. The number of aliphatic carboxylic acids is 1. The van der Waals surface area contributed by atoms with Crippen LogP contribution in [0.3, 0.4) is 0 Å². The first kappa shape index (κ1) is 121. The lowest BCUT2D eigenvalue weighted by molar-refractivity contribution is -0.153. The van der Waals surface area contributed by atoms with E-state index in [-0.39, 0.29) is 195 Å². The van der Waals surface area contributed by atoms with Crippen molar-refractivity contribution in [2.75, 3.05) is 66.1 Å². The molecule has 0 spiro atoms. The number of rotatable bonds is 50. The van der Waals surface area contributed by atoms with Crippen LogP contribution < -0.4 is 28.4 Å². The fraction of sp³-hybridized carbons (Fsp3) is 0.552. The van der Waals surface area contributed by atoms with Gasteiger partial charge in [0.05, 0.1) is 125 Å². The molecule has 5 fully saturated rings. The second-order valence-electron chi connectivity index (χ2n) is 35.2. The van der Waals surface area contributed by atoms with Crippen molar-refractivity contribution >= 4 is 132 Å². The summed E-state index contributed by atoms with van der Waals surface area (Å²) in [6.07, 6.45) is 20.4. The first-order valence-electron chi connectivity index (χ1n) is 49.4. The van der Waals surface area contributed by atoms with E-state index in [2.05, 4.69) is 41.1 Å². The standard InChI is InChI=1S/C60H76O20.C30H36O10.C15H22O6.Cl2OS/c1-5-9-31-75-59(69)47-37-45(27-29-49(47)79-57(67)43-19-15-39(16-20-43)53(63)73-35-13-11-33-71-51(61)7-3)77-55(65)41-23-25-42(26-24-41)56(66)78-46-28-30-50(48(38-46)60(70)76-32-10-6-2)80-58(68)44-21-17-40(18-22-44)54(64)74-36-14-12-34-72-52(62)8-4;1-3-5-15-37-29(35)23-17-21(11-13-25(23)31)39-27(33)19-7-9-20(10-8-19)28(34)40-22-12-14-26(32)24(18-22)30(36)38-16-6-4-2;1-2-13(16)20-9-3-4-10-21-15(19)12-7-5-11(6-8-12)14(17)18;1-4(2)3/h7-8,27-30,37-44H,3-6,9-26,31-36H2,1-2H3;11-14,17-20,31-32H,3-10,15-16H2,1-2H3;2,11-12H,1,3-10H2,(H,17,18);. The Morgan fingerprint density at radius 2 is 0.462 bits per heavy atom. The number of phenols is 2. The lowest BCUT2D eigenvalue weighted by Crippen LogP contribution is -2.30. The first-order valence-corrected chi connectivity index (χ1v) is 52.2. The van der Waals surface area contributed by atoms with E-state index in [1.165, 1.54) is 72.8 Å². The van der Waals surface area contributed by atoms with E-state index in [1.807, 2.05) is 27.7 Å². The van der Waals surface area contributed by atoms with Crippen molar-refractivity contribution < 1.29 is 177 Å². The molecule has 0 aliphatic heterocycles.